The largest absolute Gasteiger partial charge is 0.456 e. The predicted octanol–water partition coefficient (Wildman–Crippen LogP) is 5.35. The fourth-order valence-electron chi connectivity index (χ4n) is 3.36. The minimum atomic E-state index is -0.249. The van der Waals surface area contributed by atoms with Gasteiger partial charge in [-0.25, -0.2) is 4.98 Å². The summed E-state index contributed by atoms with van der Waals surface area (Å²) in [5.74, 6) is 0.981. The number of carbonyl (C=O) groups excluding carboxylic acids is 1. The molecule has 8 heteroatoms. The van der Waals surface area contributed by atoms with Crippen LogP contribution in [-0.2, 0) is 0 Å². The van der Waals surface area contributed by atoms with Crippen LogP contribution in [0.1, 0.15) is 42.6 Å². The highest BCUT2D eigenvalue weighted by Gasteiger charge is 2.17. The maximum absolute atomic E-state index is 11.8. The van der Waals surface area contributed by atoms with Crippen molar-refractivity contribution in [3.05, 3.63) is 40.6 Å². The van der Waals surface area contributed by atoms with Gasteiger partial charge in [0.2, 0.25) is 0 Å². The van der Waals surface area contributed by atoms with Crippen molar-refractivity contribution < 1.29 is 9.53 Å². The lowest BCUT2D eigenvalue weighted by molar-refractivity contribution is 0.0958. The van der Waals surface area contributed by atoms with Gasteiger partial charge < -0.3 is 15.4 Å². The summed E-state index contributed by atoms with van der Waals surface area (Å²) in [6, 6.07) is 7.71. The lowest BCUT2D eigenvalue weighted by atomic mass is 9.96. The van der Waals surface area contributed by atoms with Crippen molar-refractivity contribution in [2.45, 2.75) is 38.1 Å². The smallest absolute Gasteiger partial charge is 0.269 e. The summed E-state index contributed by atoms with van der Waals surface area (Å²) >= 11 is 5.29. The molecule has 2 heterocycles. The molecule has 0 aliphatic heterocycles. The third-order valence-corrected chi connectivity index (χ3v) is 6.88. The summed E-state index contributed by atoms with van der Waals surface area (Å²) in [5.41, 5.74) is 1.25. The standard InChI is InChI=1S/C20H21BrN4O2S/c1-22-19(26)15-11-13(9-10-23-15)27-16-8-7-14-18(17(16)21)28-20(25-14)24-12-5-3-2-4-6-12/h7-12H,2-6H2,1H3,(H,22,26)(H,24,25). The molecular formula is C20H21BrN4O2S. The van der Waals surface area contributed by atoms with E-state index < -0.39 is 0 Å². The number of benzene rings is 1. The van der Waals surface area contributed by atoms with Crippen LogP contribution in [0.4, 0.5) is 5.13 Å². The second-order valence-corrected chi connectivity index (χ2v) is 8.57. The molecule has 2 N–H and O–H groups in total. The maximum Gasteiger partial charge on any atom is 0.269 e. The van der Waals surface area contributed by atoms with E-state index in [1.807, 2.05) is 12.1 Å². The average molecular weight is 461 g/mol. The highest BCUT2D eigenvalue weighted by molar-refractivity contribution is 9.10. The third kappa shape index (κ3) is 4.12. The topological polar surface area (TPSA) is 76.1 Å². The van der Waals surface area contributed by atoms with Gasteiger partial charge in [0, 0.05) is 25.4 Å². The number of halogens is 1. The minimum Gasteiger partial charge on any atom is -0.456 e. The first kappa shape index (κ1) is 19.1. The zero-order chi connectivity index (χ0) is 19.5. The fourth-order valence-corrected chi connectivity index (χ4v) is 4.99. The summed E-state index contributed by atoms with van der Waals surface area (Å²) in [6.45, 7) is 0. The average Bonchev–Trinajstić information content (AvgIpc) is 3.14. The molecule has 1 aliphatic carbocycles. The van der Waals surface area contributed by atoms with E-state index in [1.54, 1.807) is 36.7 Å². The molecule has 6 nitrogen and oxygen atoms in total. The number of rotatable bonds is 5. The number of nitrogens with one attached hydrogen (secondary N) is 2. The molecule has 146 valence electrons. The Labute approximate surface area is 175 Å². The van der Waals surface area contributed by atoms with E-state index >= 15 is 0 Å². The Morgan fingerprint density at radius 2 is 2.07 bits per heavy atom. The van der Waals surface area contributed by atoms with Gasteiger partial charge in [-0.1, -0.05) is 30.6 Å². The number of ether oxygens (including phenoxy) is 1. The number of nitrogens with zero attached hydrogens (tertiary/aromatic N) is 2. The first-order valence-electron chi connectivity index (χ1n) is 9.35. The molecule has 0 saturated heterocycles. The van der Waals surface area contributed by atoms with E-state index in [0.717, 1.165) is 19.8 Å². The van der Waals surface area contributed by atoms with Crippen LogP contribution in [0.2, 0.25) is 0 Å². The molecule has 0 unspecified atom stereocenters. The SMILES string of the molecule is CNC(=O)c1cc(Oc2ccc3nc(NC4CCCCC4)sc3c2Br)ccn1. The van der Waals surface area contributed by atoms with Gasteiger partial charge in [0.1, 0.15) is 17.2 Å². The zero-order valence-corrected chi connectivity index (χ0v) is 17.9. The molecule has 3 aromatic rings. The van der Waals surface area contributed by atoms with Crippen LogP contribution in [-0.4, -0.2) is 29.0 Å². The van der Waals surface area contributed by atoms with Gasteiger partial charge >= 0.3 is 0 Å². The van der Waals surface area contributed by atoms with E-state index in [2.05, 4.69) is 31.5 Å². The normalized spacial score (nSPS) is 14.8. The molecule has 0 bridgehead atoms. The van der Waals surface area contributed by atoms with E-state index in [4.69, 9.17) is 9.72 Å². The second-order valence-electron chi connectivity index (χ2n) is 6.78. The van der Waals surface area contributed by atoms with Gasteiger partial charge in [-0.2, -0.15) is 0 Å². The van der Waals surface area contributed by atoms with Crippen LogP contribution in [0, 0.1) is 0 Å². The lowest BCUT2D eigenvalue weighted by Crippen LogP contribution is -2.21. The van der Waals surface area contributed by atoms with Crippen molar-refractivity contribution in [1.82, 2.24) is 15.3 Å². The number of thiazole rings is 1. The number of anilines is 1. The Morgan fingerprint density at radius 1 is 1.25 bits per heavy atom. The molecule has 1 aliphatic rings. The Morgan fingerprint density at radius 3 is 2.86 bits per heavy atom. The maximum atomic E-state index is 11.8. The molecule has 0 spiro atoms. The van der Waals surface area contributed by atoms with Gasteiger partial charge in [0.05, 0.1) is 14.7 Å². The quantitative estimate of drug-likeness (QED) is 0.536. The monoisotopic (exact) mass is 460 g/mol. The molecule has 1 saturated carbocycles. The Hall–Kier alpha value is -2.19. The van der Waals surface area contributed by atoms with Crippen LogP contribution in [0.15, 0.2) is 34.9 Å². The molecule has 1 aromatic carbocycles. The van der Waals surface area contributed by atoms with E-state index in [9.17, 15) is 4.79 Å². The lowest BCUT2D eigenvalue weighted by Gasteiger charge is -2.22. The molecular weight excluding hydrogens is 440 g/mol. The number of fused-ring (bicyclic) bond motifs is 1. The molecule has 2 aromatic heterocycles. The minimum absolute atomic E-state index is 0.249. The molecule has 28 heavy (non-hydrogen) atoms. The Bertz CT molecular complexity index is 1000. The highest BCUT2D eigenvalue weighted by Crippen LogP contribution is 2.40. The van der Waals surface area contributed by atoms with Crippen molar-refractivity contribution in [3.8, 4) is 11.5 Å². The summed E-state index contributed by atoms with van der Waals surface area (Å²) in [7, 11) is 1.57. The first-order valence-corrected chi connectivity index (χ1v) is 11.0. The van der Waals surface area contributed by atoms with Crippen LogP contribution in [0.25, 0.3) is 10.2 Å². The fraction of sp³-hybridized carbons (Fsp3) is 0.350. The van der Waals surface area contributed by atoms with Crippen molar-refractivity contribution in [2.24, 2.45) is 0 Å². The van der Waals surface area contributed by atoms with Gasteiger partial charge in [0.15, 0.2) is 5.13 Å². The van der Waals surface area contributed by atoms with Gasteiger partial charge in [-0.15, -0.1) is 0 Å². The number of hydrogen-bond acceptors (Lipinski definition) is 6. The van der Waals surface area contributed by atoms with Crippen molar-refractivity contribution in [3.63, 3.8) is 0 Å². The number of carbonyl (C=O) groups is 1. The second kappa shape index (κ2) is 8.45. The van der Waals surface area contributed by atoms with E-state index in [0.29, 0.717) is 23.2 Å². The Balaban J connectivity index is 1.56. The molecule has 0 radical (unpaired) electrons. The summed E-state index contributed by atoms with van der Waals surface area (Å²) in [4.78, 5) is 20.6. The van der Waals surface area contributed by atoms with Gasteiger partial charge in [-0.05, 0) is 47.0 Å². The zero-order valence-electron chi connectivity index (χ0n) is 15.5. The van der Waals surface area contributed by atoms with E-state index in [1.165, 1.54) is 32.1 Å². The molecule has 1 fully saturated rings. The van der Waals surface area contributed by atoms with Crippen LogP contribution >= 0.6 is 27.3 Å². The van der Waals surface area contributed by atoms with Gasteiger partial charge in [0.25, 0.3) is 5.91 Å². The van der Waals surface area contributed by atoms with E-state index in [-0.39, 0.29) is 5.91 Å². The summed E-state index contributed by atoms with van der Waals surface area (Å²) in [5, 5.41) is 7.10. The summed E-state index contributed by atoms with van der Waals surface area (Å²) < 4.78 is 7.90. The first-order chi connectivity index (χ1) is 13.6. The Kier molecular flexibility index (Phi) is 5.77. The van der Waals surface area contributed by atoms with Crippen LogP contribution in [0.3, 0.4) is 0 Å². The predicted molar refractivity (Wildman–Crippen MR) is 116 cm³/mol. The molecule has 1 amide bonds. The van der Waals surface area contributed by atoms with Crippen LogP contribution in [0.5, 0.6) is 11.5 Å². The number of hydrogen-bond donors (Lipinski definition) is 2. The van der Waals surface area contributed by atoms with Crippen molar-refractivity contribution >= 4 is 48.5 Å². The summed E-state index contributed by atoms with van der Waals surface area (Å²) in [6.07, 6.45) is 7.89. The van der Waals surface area contributed by atoms with Crippen LogP contribution < -0.4 is 15.4 Å². The molecule has 0 atom stereocenters. The van der Waals surface area contributed by atoms with Gasteiger partial charge in [-0.3, -0.25) is 9.78 Å². The highest BCUT2D eigenvalue weighted by atomic mass is 79.9. The third-order valence-electron chi connectivity index (χ3n) is 4.81. The van der Waals surface area contributed by atoms with Crippen molar-refractivity contribution in [2.75, 3.05) is 12.4 Å². The van der Waals surface area contributed by atoms with Crippen molar-refractivity contribution in [1.29, 1.82) is 0 Å². The molecule has 4 rings (SSSR count). The number of pyridine rings is 1. The number of amides is 1. The number of aromatic nitrogens is 2.